The van der Waals surface area contributed by atoms with Gasteiger partial charge in [0.1, 0.15) is 11.2 Å². The van der Waals surface area contributed by atoms with Crippen molar-refractivity contribution in [1.82, 2.24) is 0 Å². The molecule has 2 N–H and O–H groups in total. The van der Waals surface area contributed by atoms with Gasteiger partial charge in [-0.3, -0.25) is 10.6 Å². The van der Waals surface area contributed by atoms with Crippen molar-refractivity contribution < 1.29 is 19.1 Å². The van der Waals surface area contributed by atoms with Crippen molar-refractivity contribution in [2.24, 2.45) is 0 Å². The summed E-state index contributed by atoms with van der Waals surface area (Å²) >= 11 is 0. The van der Waals surface area contributed by atoms with Crippen molar-refractivity contribution in [2.75, 3.05) is 10.6 Å². The zero-order chi connectivity index (χ0) is 26.1. The third-order valence-electron chi connectivity index (χ3n) is 5.38. The lowest BCUT2D eigenvalue weighted by atomic mass is 9.91. The van der Waals surface area contributed by atoms with Gasteiger partial charge in [0, 0.05) is 11.1 Å². The van der Waals surface area contributed by atoms with Gasteiger partial charge in [0.15, 0.2) is 0 Å². The molecule has 36 heavy (non-hydrogen) atoms. The number of anilines is 2. The maximum atomic E-state index is 12.8. The number of hydrogen-bond acceptors (Lipinski definition) is 4. The van der Waals surface area contributed by atoms with E-state index < -0.39 is 23.4 Å². The molecule has 0 aliphatic carbocycles. The molecule has 0 aliphatic heterocycles. The maximum absolute atomic E-state index is 12.8. The van der Waals surface area contributed by atoms with Gasteiger partial charge < -0.3 is 9.47 Å². The molecule has 2 amide bonds. The summed E-state index contributed by atoms with van der Waals surface area (Å²) in [6.45, 7) is 10.9. The molecular formula is C30H32N2O4. The predicted octanol–water partition coefficient (Wildman–Crippen LogP) is 8.35. The Labute approximate surface area is 211 Å². The minimum absolute atomic E-state index is 0.555. The van der Waals surface area contributed by atoms with Crippen LogP contribution in [-0.4, -0.2) is 23.4 Å². The van der Waals surface area contributed by atoms with Crippen molar-refractivity contribution in [2.45, 2.75) is 52.7 Å². The molecule has 6 nitrogen and oxygen atoms in total. The summed E-state index contributed by atoms with van der Waals surface area (Å²) in [4.78, 5) is 25.6. The van der Waals surface area contributed by atoms with Gasteiger partial charge in [-0.25, -0.2) is 9.59 Å². The van der Waals surface area contributed by atoms with Crippen LogP contribution in [0.5, 0.6) is 0 Å². The fourth-order valence-corrected chi connectivity index (χ4v) is 4.12. The Balaban J connectivity index is 1.96. The smallest absolute Gasteiger partial charge is 0.412 e. The molecule has 4 aromatic rings. The molecule has 0 bridgehead atoms. The summed E-state index contributed by atoms with van der Waals surface area (Å²) < 4.78 is 11.1. The maximum Gasteiger partial charge on any atom is 0.412 e. The lowest BCUT2D eigenvalue weighted by molar-refractivity contribution is 0.0624. The van der Waals surface area contributed by atoms with Crippen LogP contribution in [0.2, 0.25) is 0 Å². The van der Waals surface area contributed by atoms with Crippen LogP contribution in [0.4, 0.5) is 21.0 Å². The second-order valence-corrected chi connectivity index (χ2v) is 10.7. The van der Waals surface area contributed by atoms with Crippen LogP contribution in [0.3, 0.4) is 0 Å². The third-order valence-corrected chi connectivity index (χ3v) is 5.38. The number of carbonyl (C=O) groups excluding carboxylic acids is 2. The molecule has 0 saturated heterocycles. The molecule has 6 heteroatoms. The van der Waals surface area contributed by atoms with E-state index in [0.717, 1.165) is 32.7 Å². The Morgan fingerprint density at radius 1 is 0.556 bits per heavy atom. The Morgan fingerprint density at radius 2 is 0.917 bits per heavy atom. The minimum atomic E-state index is -0.649. The summed E-state index contributed by atoms with van der Waals surface area (Å²) in [6.07, 6.45) is -1.11. The summed E-state index contributed by atoms with van der Waals surface area (Å²) in [5, 5.41) is 9.72. The van der Waals surface area contributed by atoms with Crippen LogP contribution in [-0.2, 0) is 9.47 Å². The average Bonchev–Trinajstić information content (AvgIpc) is 2.77. The van der Waals surface area contributed by atoms with Crippen LogP contribution < -0.4 is 10.6 Å². The minimum Gasteiger partial charge on any atom is -0.444 e. The number of rotatable bonds is 3. The average molecular weight is 485 g/mol. The third kappa shape index (κ3) is 5.77. The lowest BCUT2D eigenvalue weighted by Gasteiger charge is -2.23. The summed E-state index contributed by atoms with van der Waals surface area (Å²) in [5.74, 6) is 0. The molecule has 0 heterocycles. The monoisotopic (exact) mass is 484 g/mol. The van der Waals surface area contributed by atoms with E-state index in [-0.39, 0.29) is 0 Å². The van der Waals surface area contributed by atoms with Gasteiger partial charge in [-0.1, -0.05) is 60.7 Å². The van der Waals surface area contributed by atoms with Crippen LogP contribution in [0.25, 0.3) is 32.7 Å². The SMILES string of the molecule is CC(C)(C)OC(=O)Nc1ccc2ccccc2c1-c1c(NC(=O)OC(C)(C)C)ccc2ccccc12. The molecule has 0 aliphatic rings. The molecule has 186 valence electrons. The van der Waals surface area contributed by atoms with Crippen LogP contribution >= 0.6 is 0 Å². The highest BCUT2D eigenvalue weighted by molar-refractivity contribution is 6.16. The van der Waals surface area contributed by atoms with E-state index in [2.05, 4.69) is 10.6 Å². The Kier molecular flexibility index (Phi) is 6.63. The van der Waals surface area contributed by atoms with Crippen LogP contribution in [0.15, 0.2) is 72.8 Å². The zero-order valence-corrected chi connectivity index (χ0v) is 21.6. The van der Waals surface area contributed by atoms with Crippen molar-refractivity contribution in [3.05, 3.63) is 72.8 Å². The molecule has 4 aromatic carbocycles. The van der Waals surface area contributed by atoms with E-state index in [1.54, 1.807) is 0 Å². The molecule has 0 atom stereocenters. The molecular weight excluding hydrogens is 452 g/mol. The lowest BCUT2D eigenvalue weighted by Crippen LogP contribution is -2.28. The van der Waals surface area contributed by atoms with Gasteiger partial charge >= 0.3 is 12.2 Å². The Bertz CT molecular complexity index is 1330. The Morgan fingerprint density at radius 3 is 1.28 bits per heavy atom. The normalized spacial score (nSPS) is 11.8. The van der Waals surface area contributed by atoms with E-state index in [4.69, 9.17) is 9.47 Å². The second kappa shape index (κ2) is 9.53. The van der Waals surface area contributed by atoms with E-state index in [0.29, 0.717) is 11.4 Å². The fraction of sp³-hybridized carbons (Fsp3) is 0.267. The van der Waals surface area contributed by atoms with Gasteiger partial charge in [-0.05, 0) is 75.2 Å². The summed E-state index contributed by atoms with van der Waals surface area (Å²) in [7, 11) is 0. The summed E-state index contributed by atoms with van der Waals surface area (Å²) in [5.41, 5.74) is 1.41. The quantitative estimate of drug-likeness (QED) is 0.306. The summed E-state index contributed by atoms with van der Waals surface area (Å²) in [6, 6.07) is 23.5. The van der Waals surface area contributed by atoms with Gasteiger partial charge in [-0.2, -0.15) is 0 Å². The Hall–Kier alpha value is -4.06. The first-order valence-electron chi connectivity index (χ1n) is 12.0. The highest BCUT2D eigenvalue weighted by Crippen LogP contribution is 2.43. The first-order valence-corrected chi connectivity index (χ1v) is 12.0. The van der Waals surface area contributed by atoms with Gasteiger partial charge in [-0.15, -0.1) is 0 Å². The number of nitrogens with one attached hydrogen (secondary N) is 2. The topological polar surface area (TPSA) is 76.7 Å². The van der Waals surface area contributed by atoms with Gasteiger partial charge in [0.05, 0.1) is 11.4 Å². The van der Waals surface area contributed by atoms with Crippen molar-refractivity contribution in [3.8, 4) is 11.1 Å². The van der Waals surface area contributed by atoms with E-state index >= 15 is 0 Å². The molecule has 0 radical (unpaired) electrons. The highest BCUT2D eigenvalue weighted by atomic mass is 16.6. The van der Waals surface area contributed by atoms with Crippen LogP contribution in [0.1, 0.15) is 41.5 Å². The zero-order valence-electron chi connectivity index (χ0n) is 21.6. The first-order chi connectivity index (χ1) is 16.9. The molecule has 0 saturated carbocycles. The van der Waals surface area contributed by atoms with E-state index in [9.17, 15) is 9.59 Å². The van der Waals surface area contributed by atoms with Crippen molar-refractivity contribution in [3.63, 3.8) is 0 Å². The van der Waals surface area contributed by atoms with Gasteiger partial charge in [0.25, 0.3) is 0 Å². The van der Waals surface area contributed by atoms with Crippen molar-refractivity contribution in [1.29, 1.82) is 0 Å². The van der Waals surface area contributed by atoms with Crippen LogP contribution in [0, 0.1) is 0 Å². The molecule has 0 unspecified atom stereocenters. The predicted molar refractivity (Wildman–Crippen MR) is 147 cm³/mol. The standard InChI is InChI=1S/C30H32N2O4/c1-29(2,3)35-27(33)31-23-17-15-19-11-7-9-13-21(19)25(23)26-22-14-10-8-12-20(22)16-18-24(26)32-28(34)36-30(4,5)6/h7-18H,1-6H3,(H,31,33)(H,32,34). The van der Waals surface area contributed by atoms with E-state index in [1.807, 2.05) is 114 Å². The molecule has 0 aromatic heterocycles. The van der Waals surface area contributed by atoms with Gasteiger partial charge in [0.2, 0.25) is 0 Å². The van der Waals surface area contributed by atoms with Crippen molar-refractivity contribution >= 4 is 45.1 Å². The number of carbonyl (C=O) groups is 2. The molecule has 0 spiro atoms. The first kappa shape index (κ1) is 25.0. The second-order valence-electron chi connectivity index (χ2n) is 10.7. The number of fused-ring (bicyclic) bond motifs is 2. The molecule has 0 fully saturated rings. The number of benzene rings is 4. The highest BCUT2D eigenvalue weighted by Gasteiger charge is 2.23. The number of hydrogen-bond donors (Lipinski definition) is 2. The van der Waals surface area contributed by atoms with E-state index in [1.165, 1.54) is 0 Å². The largest absolute Gasteiger partial charge is 0.444 e. The molecule has 4 rings (SSSR count). The number of amides is 2. The fourth-order valence-electron chi connectivity index (χ4n) is 4.12. The number of ether oxygens (including phenoxy) is 2.